The third kappa shape index (κ3) is 2.68. The minimum Gasteiger partial charge on any atom is -0.313 e. The number of hydrogen-bond acceptors (Lipinski definition) is 2. The number of nitrogens with one attached hydrogen (secondary N) is 1. The van der Waals surface area contributed by atoms with Crippen LogP contribution in [-0.4, -0.2) is 37.1 Å². The Labute approximate surface area is 106 Å². The highest BCUT2D eigenvalue weighted by Crippen LogP contribution is 2.48. The Morgan fingerprint density at radius 3 is 2.76 bits per heavy atom. The first-order valence-corrected chi connectivity index (χ1v) is 7.81. The molecule has 0 aromatic rings. The normalized spacial score (nSPS) is 42.9. The lowest BCUT2D eigenvalue weighted by atomic mass is 9.88. The Hall–Kier alpha value is -0.0800. The number of rotatable bonds is 3. The van der Waals surface area contributed by atoms with Gasteiger partial charge in [0.1, 0.15) is 0 Å². The van der Waals surface area contributed by atoms with Crippen LogP contribution >= 0.6 is 0 Å². The van der Waals surface area contributed by atoms with Gasteiger partial charge in [0.25, 0.3) is 0 Å². The molecule has 98 valence electrons. The van der Waals surface area contributed by atoms with E-state index in [2.05, 4.69) is 17.1 Å². The fourth-order valence-corrected chi connectivity index (χ4v) is 4.44. The maximum Gasteiger partial charge on any atom is 0.0107 e. The van der Waals surface area contributed by atoms with Crippen molar-refractivity contribution in [1.82, 2.24) is 10.2 Å². The summed E-state index contributed by atoms with van der Waals surface area (Å²) in [6.45, 7) is 7.53. The molecule has 2 saturated carbocycles. The summed E-state index contributed by atoms with van der Waals surface area (Å²) in [7, 11) is 0. The molecule has 1 heterocycles. The maximum absolute atomic E-state index is 3.68. The topological polar surface area (TPSA) is 15.3 Å². The van der Waals surface area contributed by atoms with Crippen LogP contribution in [0.3, 0.4) is 0 Å². The summed E-state index contributed by atoms with van der Waals surface area (Å²) in [5.74, 6) is 3.25. The monoisotopic (exact) mass is 236 g/mol. The van der Waals surface area contributed by atoms with Gasteiger partial charge in [-0.2, -0.15) is 0 Å². The largest absolute Gasteiger partial charge is 0.313 e. The first kappa shape index (κ1) is 12.0. The molecule has 2 nitrogen and oxygen atoms in total. The van der Waals surface area contributed by atoms with Crippen LogP contribution in [0.2, 0.25) is 0 Å². The number of hydrogen-bond donors (Lipinski definition) is 1. The smallest absolute Gasteiger partial charge is 0.0107 e. The van der Waals surface area contributed by atoms with Crippen molar-refractivity contribution in [3.8, 4) is 0 Å². The highest BCUT2D eigenvalue weighted by molar-refractivity contribution is 4.91. The van der Waals surface area contributed by atoms with Crippen molar-refractivity contribution in [2.24, 2.45) is 17.8 Å². The van der Waals surface area contributed by atoms with E-state index in [0.29, 0.717) is 0 Å². The van der Waals surface area contributed by atoms with Gasteiger partial charge < -0.3 is 10.2 Å². The molecule has 17 heavy (non-hydrogen) atoms. The van der Waals surface area contributed by atoms with Crippen molar-refractivity contribution in [3.63, 3.8) is 0 Å². The standard InChI is InChI=1S/C15H28N2/c1-2-15-5-7-17(8-6-16-15)11-14-10-12-3-4-13(14)9-12/h12-16H,2-11H2,1H3. The first-order valence-electron chi connectivity index (χ1n) is 7.81. The lowest BCUT2D eigenvalue weighted by Gasteiger charge is -2.28. The third-order valence-corrected chi connectivity index (χ3v) is 5.52. The van der Waals surface area contributed by atoms with Gasteiger partial charge in [0, 0.05) is 25.7 Å². The van der Waals surface area contributed by atoms with Crippen LogP contribution in [0.5, 0.6) is 0 Å². The number of fused-ring (bicyclic) bond motifs is 2. The van der Waals surface area contributed by atoms with Crippen LogP contribution in [0, 0.1) is 17.8 Å². The predicted molar refractivity (Wildman–Crippen MR) is 72.1 cm³/mol. The molecular formula is C15H28N2. The molecule has 1 N–H and O–H groups in total. The van der Waals surface area contributed by atoms with Crippen LogP contribution in [0.1, 0.15) is 45.4 Å². The molecule has 3 aliphatic rings. The second-order valence-electron chi connectivity index (χ2n) is 6.58. The molecule has 2 heteroatoms. The molecule has 0 radical (unpaired) electrons. The Balaban J connectivity index is 1.48. The van der Waals surface area contributed by atoms with E-state index in [1.807, 2.05) is 0 Å². The Bertz CT molecular complexity index is 253. The van der Waals surface area contributed by atoms with Crippen molar-refractivity contribution in [3.05, 3.63) is 0 Å². The second-order valence-corrected chi connectivity index (χ2v) is 6.58. The summed E-state index contributed by atoms with van der Waals surface area (Å²) < 4.78 is 0. The van der Waals surface area contributed by atoms with Crippen LogP contribution in [0.4, 0.5) is 0 Å². The molecule has 1 aliphatic heterocycles. The van der Waals surface area contributed by atoms with E-state index in [1.165, 1.54) is 39.0 Å². The molecule has 2 bridgehead atoms. The highest BCUT2D eigenvalue weighted by atomic mass is 15.2. The minimum absolute atomic E-state index is 0.778. The number of nitrogens with zero attached hydrogens (tertiary/aromatic N) is 1. The van der Waals surface area contributed by atoms with Crippen molar-refractivity contribution in [2.75, 3.05) is 26.2 Å². The molecule has 0 aromatic heterocycles. The van der Waals surface area contributed by atoms with Crippen molar-refractivity contribution < 1.29 is 0 Å². The van der Waals surface area contributed by atoms with Gasteiger partial charge in [-0.1, -0.05) is 13.3 Å². The molecule has 0 aromatic carbocycles. The van der Waals surface area contributed by atoms with Gasteiger partial charge >= 0.3 is 0 Å². The second kappa shape index (κ2) is 5.27. The van der Waals surface area contributed by atoms with Gasteiger partial charge in [0.2, 0.25) is 0 Å². The maximum atomic E-state index is 3.68. The van der Waals surface area contributed by atoms with E-state index in [1.54, 1.807) is 25.7 Å². The lowest BCUT2D eigenvalue weighted by molar-refractivity contribution is 0.198. The molecule has 0 spiro atoms. The quantitative estimate of drug-likeness (QED) is 0.810. The van der Waals surface area contributed by atoms with Crippen molar-refractivity contribution in [2.45, 2.75) is 51.5 Å². The molecule has 1 saturated heterocycles. The minimum atomic E-state index is 0.778. The van der Waals surface area contributed by atoms with Gasteiger partial charge in [0.15, 0.2) is 0 Å². The molecule has 4 unspecified atom stereocenters. The van der Waals surface area contributed by atoms with Crippen LogP contribution < -0.4 is 5.32 Å². The van der Waals surface area contributed by atoms with E-state index in [9.17, 15) is 0 Å². The summed E-state index contributed by atoms with van der Waals surface area (Å²) in [6, 6.07) is 0.778. The van der Waals surface area contributed by atoms with Crippen LogP contribution in [0.25, 0.3) is 0 Å². The Morgan fingerprint density at radius 1 is 1.12 bits per heavy atom. The molecular weight excluding hydrogens is 208 g/mol. The molecule has 4 atom stereocenters. The Morgan fingerprint density at radius 2 is 2.06 bits per heavy atom. The fraction of sp³-hybridized carbons (Fsp3) is 1.00. The van der Waals surface area contributed by atoms with Gasteiger partial charge in [-0.15, -0.1) is 0 Å². The molecule has 3 rings (SSSR count). The third-order valence-electron chi connectivity index (χ3n) is 5.52. The van der Waals surface area contributed by atoms with Gasteiger partial charge in [0.05, 0.1) is 0 Å². The van der Waals surface area contributed by atoms with E-state index in [-0.39, 0.29) is 0 Å². The van der Waals surface area contributed by atoms with E-state index >= 15 is 0 Å². The summed E-state index contributed by atoms with van der Waals surface area (Å²) in [6.07, 6.45) is 8.85. The van der Waals surface area contributed by atoms with E-state index in [4.69, 9.17) is 0 Å². The van der Waals surface area contributed by atoms with E-state index in [0.717, 1.165) is 23.8 Å². The highest BCUT2D eigenvalue weighted by Gasteiger charge is 2.39. The molecule has 0 amide bonds. The average Bonchev–Trinajstić information content (AvgIpc) is 2.87. The zero-order valence-corrected chi connectivity index (χ0v) is 11.3. The van der Waals surface area contributed by atoms with Gasteiger partial charge in [-0.3, -0.25) is 0 Å². The first-order chi connectivity index (χ1) is 8.35. The van der Waals surface area contributed by atoms with Gasteiger partial charge in [-0.25, -0.2) is 0 Å². The fourth-order valence-electron chi connectivity index (χ4n) is 4.44. The lowest BCUT2D eigenvalue weighted by Crippen LogP contribution is -2.34. The van der Waals surface area contributed by atoms with Gasteiger partial charge in [-0.05, 0) is 56.4 Å². The summed E-state index contributed by atoms with van der Waals surface area (Å²) in [5, 5.41) is 3.68. The SMILES string of the molecule is CCC1CCN(CC2CC3CCC2C3)CCN1. The van der Waals surface area contributed by atoms with E-state index < -0.39 is 0 Å². The zero-order valence-electron chi connectivity index (χ0n) is 11.3. The molecule has 2 aliphatic carbocycles. The Kier molecular flexibility index (Phi) is 3.72. The van der Waals surface area contributed by atoms with Crippen LogP contribution in [-0.2, 0) is 0 Å². The summed E-state index contributed by atoms with van der Waals surface area (Å²) in [5.41, 5.74) is 0. The average molecular weight is 236 g/mol. The van der Waals surface area contributed by atoms with Crippen molar-refractivity contribution >= 4 is 0 Å². The zero-order chi connectivity index (χ0) is 11.7. The summed E-state index contributed by atoms with van der Waals surface area (Å²) in [4.78, 5) is 2.74. The predicted octanol–water partition coefficient (Wildman–Crippen LogP) is 2.50. The summed E-state index contributed by atoms with van der Waals surface area (Å²) >= 11 is 0. The molecule has 3 fully saturated rings. The van der Waals surface area contributed by atoms with Crippen molar-refractivity contribution in [1.29, 1.82) is 0 Å². The van der Waals surface area contributed by atoms with Crippen LogP contribution in [0.15, 0.2) is 0 Å².